The molecule has 0 saturated heterocycles. The lowest BCUT2D eigenvalue weighted by Gasteiger charge is -2.05. The zero-order valence-corrected chi connectivity index (χ0v) is 9.10. The van der Waals surface area contributed by atoms with Gasteiger partial charge in [-0.05, 0) is 24.6 Å². The normalized spacial score (nSPS) is 9.81. The van der Waals surface area contributed by atoms with Gasteiger partial charge in [-0.2, -0.15) is 0 Å². The molecule has 0 aliphatic heterocycles. The molecule has 0 atom stereocenters. The van der Waals surface area contributed by atoms with Crippen LogP contribution in [0.5, 0.6) is 5.75 Å². The van der Waals surface area contributed by atoms with Crippen LogP contribution in [0.4, 0.5) is 0 Å². The van der Waals surface area contributed by atoms with Crippen molar-refractivity contribution in [2.75, 3.05) is 6.61 Å². The van der Waals surface area contributed by atoms with Gasteiger partial charge in [-0.1, -0.05) is 13.3 Å². The summed E-state index contributed by atoms with van der Waals surface area (Å²) in [6.45, 7) is 2.30. The highest BCUT2D eigenvalue weighted by atomic mass is 16.5. The predicted octanol–water partition coefficient (Wildman–Crippen LogP) is 2.16. The molecule has 1 aromatic rings. The first kappa shape index (κ1) is 12.2. The van der Waals surface area contributed by atoms with Gasteiger partial charge in [-0.15, -0.1) is 0 Å². The Hall–Kier alpha value is -1.84. The third-order valence-corrected chi connectivity index (χ3v) is 2.11. The van der Waals surface area contributed by atoms with Crippen LogP contribution in [0, 0.1) is 0 Å². The number of hydrogen-bond acceptors (Lipinski definition) is 4. The van der Waals surface area contributed by atoms with Crippen molar-refractivity contribution >= 4 is 12.3 Å². The smallest absolute Gasteiger partial charge is 0.341 e. The van der Waals surface area contributed by atoms with Gasteiger partial charge in [0.1, 0.15) is 17.6 Å². The van der Waals surface area contributed by atoms with Crippen LogP contribution in [0.15, 0.2) is 18.2 Å². The molecule has 1 rings (SSSR count). The summed E-state index contributed by atoms with van der Waals surface area (Å²) in [7, 11) is 0. The zero-order chi connectivity index (χ0) is 12.0. The number of aldehydes is 1. The minimum atomic E-state index is -0.602. The molecular formula is C12H14O4. The van der Waals surface area contributed by atoms with Crippen molar-refractivity contribution in [1.29, 1.82) is 0 Å². The molecular weight excluding hydrogens is 208 g/mol. The first-order chi connectivity index (χ1) is 7.69. The summed E-state index contributed by atoms with van der Waals surface area (Å²) >= 11 is 0. The van der Waals surface area contributed by atoms with Crippen LogP contribution in [-0.2, 0) is 4.74 Å². The number of carbonyl (C=O) groups is 2. The van der Waals surface area contributed by atoms with Crippen LogP contribution in [0.25, 0.3) is 0 Å². The second-order valence-electron chi connectivity index (χ2n) is 3.38. The van der Waals surface area contributed by atoms with Gasteiger partial charge in [-0.3, -0.25) is 4.79 Å². The van der Waals surface area contributed by atoms with E-state index in [9.17, 15) is 14.7 Å². The molecule has 86 valence electrons. The summed E-state index contributed by atoms with van der Waals surface area (Å²) in [6, 6.07) is 4.06. The fraction of sp³-hybridized carbons (Fsp3) is 0.333. The molecule has 0 aliphatic carbocycles. The lowest BCUT2D eigenvalue weighted by Crippen LogP contribution is -2.07. The van der Waals surface area contributed by atoms with Crippen molar-refractivity contribution < 1.29 is 19.4 Å². The standard InChI is InChI=1S/C12H14O4/c1-2-3-6-16-12(15)10-7-9(8-13)4-5-11(10)14/h4-5,7-8,14H,2-3,6H2,1H3. The molecule has 0 spiro atoms. The fourth-order valence-electron chi connectivity index (χ4n) is 1.18. The van der Waals surface area contributed by atoms with Gasteiger partial charge in [0.15, 0.2) is 0 Å². The maximum atomic E-state index is 11.5. The number of esters is 1. The first-order valence-electron chi connectivity index (χ1n) is 5.14. The molecule has 4 heteroatoms. The van der Waals surface area contributed by atoms with Gasteiger partial charge in [0.2, 0.25) is 0 Å². The Morgan fingerprint density at radius 3 is 2.88 bits per heavy atom. The van der Waals surface area contributed by atoms with E-state index in [2.05, 4.69) is 0 Å². The Balaban J connectivity index is 2.77. The molecule has 0 saturated carbocycles. The van der Waals surface area contributed by atoms with E-state index in [4.69, 9.17) is 4.74 Å². The van der Waals surface area contributed by atoms with Gasteiger partial charge in [0.05, 0.1) is 6.61 Å². The van der Waals surface area contributed by atoms with Crippen molar-refractivity contribution in [2.24, 2.45) is 0 Å². The average molecular weight is 222 g/mol. The van der Waals surface area contributed by atoms with E-state index >= 15 is 0 Å². The number of rotatable bonds is 5. The second kappa shape index (κ2) is 5.90. The highest BCUT2D eigenvalue weighted by molar-refractivity contribution is 5.94. The van der Waals surface area contributed by atoms with Gasteiger partial charge in [-0.25, -0.2) is 4.79 Å². The van der Waals surface area contributed by atoms with E-state index in [0.29, 0.717) is 18.5 Å². The van der Waals surface area contributed by atoms with Crippen LogP contribution in [0.3, 0.4) is 0 Å². The highest BCUT2D eigenvalue weighted by Crippen LogP contribution is 2.18. The Morgan fingerprint density at radius 1 is 1.50 bits per heavy atom. The quantitative estimate of drug-likeness (QED) is 0.471. The number of carbonyl (C=O) groups excluding carboxylic acids is 2. The summed E-state index contributed by atoms with van der Waals surface area (Å²) in [5.41, 5.74) is 0.362. The lowest BCUT2D eigenvalue weighted by atomic mass is 10.1. The number of ether oxygens (including phenoxy) is 1. The topological polar surface area (TPSA) is 63.6 Å². The number of phenols is 1. The van der Waals surface area contributed by atoms with Crippen LogP contribution in [-0.4, -0.2) is 24.0 Å². The molecule has 0 aromatic heterocycles. The lowest BCUT2D eigenvalue weighted by molar-refractivity contribution is 0.0496. The first-order valence-corrected chi connectivity index (χ1v) is 5.14. The Labute approximate surface area is 93.9 Å². The number of phenolic OH excluding ortho intramolecular Hbond substituents is 1. The van der Waals surface area contributed by atoms with E-state index < -0.39 is 5.97 Å². The molecule has 0 amide bonds. The van der Waals surface area contributed by atoms with Crippen LogP contribution < -0.4 is 0 Å². The zero-order valence-electron chi connectivity index (χ0n) is 9.10. The van der Waals surface area contributed by atoms with Crippen molar-refractivity contribution in [3.8, 4) is 5.75 Å². The second-order valence-corrected chi connectivity index (χ2v) is 3.38. The van der Waals surface area contributed by atoms with Gasteiger partial charge in [0, 0.05) is 5.56 Å². The number of benzene rings is 1. The minimum absolute atomic E-state index is 0.0284. The molecule has 16 heavy (non-hydrogen) atoms. The van der Waals surface area contributed by atoms with Crippen LogP contribution in [0.2, 0.25) is 0 Å². The summed E-state index contributed by atoms with van der Waals surface area (Å²) in [5, 5.41) is 9.44. The maximum Gasteiger partial charge on any atom is 0.341 e. The molecule has 1 N–H and O–H groups in total. The van der Waals surface area contributed by atoms with Gasteiger partial charge >= 0.3 is 5.97 Å². The van der Waals surface area contributed by atoms with Gasteiger partial charge < -0.3 is 9.84 Å². The summed E-state index contributed by atoms with van der Waals surface area (Å²) < 4.78 is 4.93. The SMILES string of the molecule is CCCCOC(=O)c1cc(C=O)ccc1O. The number of hydrogen-bond donors (Lipinski definition) is 1. The molecule has 0 unspecified atom stereocenters. The molecule has 0 heterocycles. The van der Waals surface area contributed by atoms with Crippen molar-refractivity contribution in [3.05, 3.63) is 29.3 Å². The molecule has 0 bridgehead atoms. The average Bonchev–Trinajstić information content (AvgIpc) is 2.30. The molecule has 1 aromatic carbocycles. The molecule has 0 aliphatic rings. The minimum Gasteiger partial charge on any atom is -0.507 e. The Morgan fingerprint density at radius 2 is 2.25 bits per heavy atom. The molecule has 0 radical (unpaired) electrons. The van der Waals surface area contributed by atoms with Gasteiger partial charge in [0.25, 0.3) is 0 Å². The van der Waals surface area contributed by atoms with Crippen LogP contribution in [0.1, 0.15) is 40.5 Å². The van der Waals surface area contributed by atoms with E-state index in [1.165, 1.54) is 18.2 Å². The largest absolute Gasteiger partial charge is 0.507 e. The number of unbranched alkanes of at least 4 members (excludes halogenated alkanes) is 1. The van der Waals surface area contributed by atoms with Crippen molar-refractivity contribution in [2.45, 2.75) is 19.8 Å². The number of aromatic hydroxyl groups is 1. The Bertz CT molecular complexity index is 385. The Kier molecular flexibility index (Phi) is 4.51. The predicted molar refractivity (Wildman–Crippen MR) is 58.7 cm³/mol. The van der Waals surface area contributed by atoms with Crippen molar-refractivity contribution in [1.82, 2.24) is 0 Å². The highest BCUT2D eigenvalue weighted by Gasteiger charge is 2.12. The summed E-state index contributed by atoms with van der Waals surface area (Å²) in [6.07, 6.45) is 2.32. The maximum absolute atomic E-state index is 11.5. The summed E-state index contributed by atoms with van der Waals surface area (Å²) in [5.74, 6) is -0.776. The molecule has 0 fully saturated rings. The third-order valence-electron chi connectivity index (χ3n) is 2.11. The monoisotopic (exact) mass is 222 g/mol. The molecule has 4 nitrogen and oxygen atoms in total. The van der Waals surface area contributed by atoms with Crippen LogP contribution >= 0.6 is 0 Å². The summed E-state index contributed by atoms with van der Waals surface area (Å²) in [4.78, 5) is 22.0. The van der Waals surface area contributed by atoms with E-state index in [0.717, 1.165) is 12.8 Å². The third kappa shape index (κ3) is 3.08. The van der Waals surface area contributed by atoms with E-state index in [1.54, 1.807) is 0 Å². The van der Waals surface area contributed by atoms with Crippen molar-refractivity contribution in [3.63, 3.8) is 0 Å². The fourth-order valence-corrected chi connectivity index (χ4v) is 1.18. The van der Waals surface area contributed by atoms with E-state index in [-0.39, 0.29) is 11.3 Å². The van der Waals surface area contributed by atoms with E-state index in [1.807, 2.05) is 6.92 Å².